The van der Waals surface area contributed by atoms with E-state index in [1.165, 1.54) is 6.42 Å². The molecule has 6 rings (SSSR count). The molecule has 2 fully saturated rings. The van der Waals surface area contributed by atoms with Gasteiger partial charge in [-0.3, -0.25) is 0 Å². The van der Waals surface area contributed by atoms with Crippen molar-refractivity contribution in [2.75, 3.05) is 39.6 Å². The Hall–Kier alpha value is -4.92. The second kappa shape index (κ2) is 23.3. The van der Waals surface area contributed by atoms with Crippen LogP contribution in [0.25, 0.3) is 16.0 Å². The summed E-state index contributed by atoms with van der Waals surface area (Å²) in [6.45, 7) is 11.5. The maximum atomic E-state index is 13.5. The highest BCUT2D eigenvalue weighted by atomic mass is 16.7. The quantitative estimate of drug-likeness (QED) is 0.0334. The minimum atomic E-state index is -0.530. The molecule has 2 atom stereocenters. The van der Waals surface area contributed by atoms with Gasteiger partial charge in [-0.1, -0.05) is 55.0 Å². The average Bonchev–Trinajstić information content (AvgIpc) is 3.26. The number of unbranched alkanes of at least 4 members (excludes halogenated alkanes) is 4. The minimum absolute atomic E-state index is 0.00817. The van der Waals surface area contributed by atoms with Crippen molar-refractivity contribution in [1.82, 2.24) is 0 Å². The second-order valence-electron chi connectivity index (χ2n) is 14.3. The smallest absolute Gasteiger partial charge is 0.347 e. The van der Waals surface area contributed by atoms with Gasteiger partial charge in [0.15, 0.2) is 18.3 Å². The zero-order chi connectivity index (χ0) is 39.3. The molecule has 0 aliphatic carbocycles. The molecule has 2 aliphatic heterocycles. The number of esters is 1. The molecule has 2 unspecified atom stereocenters. The van der Waals surface area contributed by atoms with Crippen molar-refractivity contribution < 1.29 is 42.7 Å². The molecule has 4 aromatic carbocycles. The van der Waals surface area contributed by atoms with Crippen molar-refractivity contribution in [1.29, 1.82) is 0 Å². The van der Waals surface area contributed by atoms with Crippen molar-refractivity contribution in [2.24, 2.45) is 0 Å². The van der Waals surface area contributed by atoms with Gasteiger partial charge in [-0.15, -0.1) is 0 Å². The topological polar surface area (TPSA) is 95.3 Å². The number of rotatable bonds is 22. The number of hydrogen-bond acceptors (Lipinski definition) is 9. The first-order chi connectivity index (χ1) is 28.1. The van der Waals surface area contributed by atoms with Gasteiger partial charge in [0, 0.05) is 32.5 Å². The lowest BCUT2D eigenvalue weighted by Gasteiger charge is -2.22. The lowest BCUT2D eigenvalue weighted by atomic mass is 10.1. The van der Waals surface area contributed by atoms with Gasteiger partial charge in [0.05, 0.1) is 19.8 Å². The summed E-state index contributed by atoms with van der Waals surface area (Å²) in [6, 6.07) is 27.8. The van der Waals surface area contributed by atoms with Crippen LogP contribution in [0.15, 0.2) is 91.0 Å². The van der Waals surface area contributed by atoms with Gasteiger partial charge >= 0.3 is 5.97 Å². The number of benzene rings is 4. The minimum Gasteiger partial charge on any atom is -0.494 e. The highest BCUT2D eigenvalue weighted by molar-refractivity contribution is 5.94. The molecule has 0 aromatic heterocycles. The third-order valence-electron chi connectivity index (χ3n) is 9.88. The molecule has 2 aliphatic rings. The van der Waals surface area contributed by atoms with Gasteiger partial charge in [0.25, 0.3) is 0 Å². The molecular formula is C47H55NO9. The molecule has 0 N–H and O–H groups in total. The largest absolute Gasteiger partial charge is 0.494 e. The van der Waals surface area contributed by atoms with Crippen LogP contribution in [0.2, 0.25) is 0 Å². The summed E-state index contributed by atoms with van der Waals surface area (Å²) in [7, 11) is 0. The van der Waals surface area contributed by atoms with E-state index in [0.717, 1.165) is 113 Å². The highest BCUT2D eigenvalue weighted by Gasteiger charge is 2.18. The van der Waals surface area contributed by atoms with E-state index >= 15 is 0 Å². The van der Waals surface area contributed by atoms with E-state index in [1.54, 1.807) is 42.5 Å². The van der Waals surface area contributed by atoms with E-state index in [2.05, 4.69) is 4.85 Å². The third kappa shape index (κ3) is 14.2. The molecule has 0 saturated carbocycles. The molecule has 10 nitrogen and oxygen atoms in total. The van der Waals surface area contributed by atoms with Crippen LogP contribution < -0.4 is 18.9 Å². The molecule has 0 amide bonds. The maximum Gasteiger partial charge on any atom is 0.347 e. The maximum absolute atomic E-state index is 13.5. The molecule has 10 heteroatoms. The van der Waals surface area contributed by atoms with E-state index < -0.39 is 5.97 Å². The standard InChI is InChI=1S/C47H55NO9/c1-48-39-20-16-37(17-21-39)38-18-24-41(25-19-38)57-47(49)43-27-26-42(34-44(43)51-29-10-11-33-55-46-13-5-9-32-54-46)56-35-36-14-22-40(23-15-36)50-28-6-2-3-7-30-52-45-12-4-8-31-53-45/h14-27,34,45-46H,2-13,28-33,35H2. The van der Waals surface area contributed by atoms with Crippen LogP contribution in [0.4, 0.5) is 5.69 Å². The van der Waals surface area contributed by atoms with Crippen LogP contribution in [0.5, 0.6) is 23.0 Å². The zero-order valence-corrected chi connectivity index (χ0v) is 32.9. The number of nitrogens with zero attached hydrogens (tertiary/aromatic N) is 1. The van der Waals surface area contributed by atoms with Crippen molar-refractivity contribution in [3.8, 4) is 34.1 Å². The average molecular weight is 778 g/mol. The van der Waals surface area contributed by atoms with Gasteiger partial charge < -0.3 is 37.9 Å². The van der Waals surface area contributed by atoms with Gasteiger partial charge in [0.1, 0.15) is 35.2 Å². The van der Waals surface area contributed by atoms with Gasteiger partial charge in [0.2, 0.25) is 0 Å². The molecule has 4 aromatic rings. The second-order valence-corrected chi connectivity index (χ2v) is 14.3. The molecule has 0 radical (unpaired) electrons. The Balaban J connectivity index is 0.973. The lowest BCUT2D eigenvalue weighted by Crippen LogP contribution is -2.22. The Labute approximate surface area is 337 Å². The van der Waals surface area contributed by atoms with E-state index in [9.17, 15) is 4.79 Å². The fraction of sp³-hybridized carbons (Fsp3) is 0.447. The molecule has 0 spiro atoms. The van der Waals surface area contributed by atoms with Crippen molar-refractivity contribution in [2.45, 2.75) is 96.2 Å². The van der Waals surface area contributed by atoms with Crippen LogP contribution in [0.1, 0.15) is 93.0 Å². The number of carbonyl (C=O) groups is 1. The van der Waals surface area contributed by atoms with Crippen LogP contribution >= 0.6 is 0 Å². The van der Waals surface area contributed by atoms with Crippen LogP contribution in [-0.4, -0.2) is 58.2 Å². The molecule has 2 heterocycles. The molecular weight excluding hydrogens is 723 g/mol. The van der Waals surface area contributed by atoms with E-state index in [0.29, 0.717) is 54.9 Å². The monoisotopic (exact) mass is 777 g/mol. The summed E-state index contributed by atoms with van der Waals surface area (Å²) in [4.78, 5) is 16.9. The summed E-state index contributed by atoms with van der Waals surface area (Å²) in [5.41, 5.74) is 3.80. The lowest BCUT2D eigenvalue weighted by molar-refractivity contribution is -0.163. The number of hydrogen-bond donors (Lipinski definition) is 0. The molecule has 57 heavy (non-hydrogen) atoms. The third-order valence-corrected chi connectivity index (χ3v) is 9.88. The van der Waals surface area contributed by atoms with Crippen molar-refractivity contribution in [3.63, 3.8) is 0 Å². The first-order valence-electron chi connectivity index (χ1n) is 20.5. The molecule has 2 saturated heterocycles. The molecule has 302 valence electrons. The van der Waals surface area contributed by atoms with Gasteiger partial charge in [-0.2, -0.15) is 0 Å². The van der Waals surface area contributed by atoms with E-state index in [1.807, 2.05) is 48.5 Å². The Morgan fingerprint density at radius 3 is 1.79 bits per heavy atom. The Kier molecular flexibility index (Phi) is 17.1. The number of carbonyl (C=O) groups excluding carboxylic acids is 1. The SMILES string of the molecule is [C-]#[N+]c1ccc(-c2ccc(OC(=O)c3ccc(OCc4ccc(OCCCCCCOC5CCCCO5)cc4)cc3OCCCCOC3CCCCO3)cc2)cc1. The van der Waals surface area contributed by atoms with Crippen LogP contribution in [0.3, 0.4) is 0 Å². The normalized spacial score (nSPS) is 16.7. The summed E-state index contributed by atoms with van der Waals surface area (Å²) >= 11 is 0. The van der Waals surface area contributed by atoms with Gasteiger partial charge in [-0.05, 0) is 124 Å². The fourth-order valence-corrected chi connectivity index (χ4v) is 6.58. The summed E-state index contributed by atoms with van der Waals surface area (Å²) in [5, 5.41) is 0. The van der Waals surface area contributed by atoms with Crippen LogP contribution in [-0.2, 0) is 25.6 Å². The molecule has 0 bridgehead atoms. The predicted molar refractivity (Wildman–Crippen MR) is 218 cm³/mol. The highest BCUT2D eigenvalue weighted by Crippen LogP contribution is 2.29. The van der Waals surface area contributed by atoms with E-state index in [-0.39, 0.29) is 12.6 Å². The van der Waals surface area contributed by atoms with Gasteiger partial charge in [-0.25, -0.2) is 9.64 Å². The predicted octanol–water partition coefficient (Wildman–Crippen LogP) is 10.9. The first-order valence-corrected chi connectivity index (χ1v) is 20.5. The Bertz CT molecular complexity index is 1810. The fourth-order valence-electron chi connectivity index (χ4n) is 6.58. The first kappa shape index (κ1) is 41.7. The summed E-state index contributed by atoms with van der Waals surface area (Å²) in [5.74, 6) is 1.67. The Morgan fingerprint density at radius 2 is 1.16 bits per heavy atom. The van der Waals surface area contributed by atoms with E-state index in [4.69, 9.17) is 44.5 Å². The summed E-state index contributed by atoms with van der Waals surface area (Å²) in [6.07, 6.45) is 12.1. The van der Waals surface area contributed by atoms with Crippen molar-refractivity contribution >= 4 is 11.7 Å². The number of ether oxygens (including phenoxy) is 8. The van der Waals surface area contributed by atoms with Crippen LogP contribution in [0, 0.1) is 6.57 Å². The van der Waals surface area contributed by atoms with Crippen molar-refractivity contribution in [3.05, 3.63) is 114 Å². The Morgan fingerprint density at radius 1 is 0.596 bits per heavy atom. The zero-order valence-electron chi connectivity index (χ0n) is 32.9. The summed E-state index contributed by atoms with van der Waals surface area (Å²) < 4.78 is 47.1.